The topological polar surface area (TPSA) is 49.4 Å². The molecule has 0 radical (unpaired) electrons. The standard InChI is InChI=1S/C10H13ClN2O2S/c1-7-5-8(2)10(9(11)6-7)13-4-3-12-16(13,14)15/h5-6,12H,3-4H2,1-2H3. The van der Waals surface area contributed by atoms with E-state index in [0.717, 1.165) is 11.1 Å². The highest BCUT2D eigenvalue weighted by atomic mass is 35.5. The van der Waals surface area contributed by atoms with E-state index in [1.807, 2.05) is 19.9 Å². The number of nitrogens with one attached hydrogen (secondary N) is 1. The van der Waals surface area contributed by atoms with Crippen LogP contribution in [-0.4, -0.2) is 21.5 Å². The maximum absolute atomic E-state index is 11.7. The number of hydrogen-bond donors (Lipinski definition) is 1. The maximum atomic E-state index is 11.7. The SMILES string of the molecule is Cc1cc(C)c(N2CCNS2(=O)=O)c(Cl)c1. The zero-order valence-electron chi connectivity index (χ0n) is 9.12. The van der Waals surface area contributed by atoms with E-state index in [0.29, 0.717) is 23.8 Å². The summed E-state index contributed by atoms with van der Waals surface area (Å²) in [6.07, 6.45) is 0. The van der Waals surface area contributed by atoms with E-state index in [1.165, 1.54) is 4.31 Å². The van der Waals surface area contributed by atoms with Crippen LogP contribution in [0.5, 0.6) is 0 Å². The zero-order chi connectivity index (χ0) is 11.9. The average molecular weight is 261 g/mol. The third-order valence-corrected chi connectivity index (χ3v) is 4.34. The summed E-state index contributed by atoms with van der Waals surface area (Å²) in [5.74, 6) is 0. The summed E-state index contributed by atoms with van der Waals surface area (Å²) in [6, 6.07) is 3.70. The molecule has 2 rings (SSSR count). The highest BCUT2D eigenvalue weighted by molar-refractivity contribution is 7.91. The Morgan fingerprint density at radius 1 is 1.38 bits per heavy atom. The first-order valence-corrected chi connectivity index (χ1v) is 6.78. The molecule has 0 amide bonds. The van der Waals surface area contributed by atoms with Crippen molar-refractivity contribution in [1.29, 1.82) is 0 Å². The van der Waals surface area contributed by atoms with Crippen molar-refractivity contribution in [3.8, 4) is 0 Å². The van der Waals surface area contributed by atoms with E-state index in [9.17, 15) is 8.42 Å². The molecule has 1 aliphatic heterocycles. The summed E-state index contributed by atoms with van der Waals surface area (Å²) >= 11 is 6.11. The molecule has 1 aromatic rings. The van der Waals surface area contributed by atoms with Crippen molar-refractivity contribution in [3.05, 3.63) is 28.3 Å². The molecule has 0 unspecified atom stereocenters. The van der Waals surface area contributed by atoms with E-state index in [2.05, 4.69) is 4.72 Å². The van der Waals surface area contributed by atoms with E-state index >= 15 is 0 Å². The van der Waals surface area contributed by atoms with E-state index in [-0.39, 0.29) is 0 Å². The van der Waals surface area contributed by atoms with E-state index in [4.69, 9.17) is 11.6 Å². The van der Waals surface area contributed by atoms with Gasteiger partial charge in [0.25, 0.3) is 0 Å². The van der Waals surface area contributed by atoms with Crippen molar-refractivity contribution >= 4 is 27.5 Å². The maximum Gasteiger partial charge on any atom is 0.301 e. The number of benzene rings is 1. The summed E-state index contributed by atoms with van der Waals surface area (Å²) in [7, 11) is -3.40. The molecular weight excluding hydrogens is 248 g/mol. The number of hydrogen-bond acceptors (Lipinski definition) is 2. The lowest BCUT2D eigenvalue weighted by Gasteiger charge is -2.20. The average Bonchev–Trinajstić information content (AvgIpc) is 2.44. The summed E-state index contributed by atoms with van der Waals surface area (Å²) in [5.41, 5.74) is 2.48. The molecule has 0 saturated carbocycles. The Labute approximate surface area is 100 Å². The van der Waals surface area contributed by atoms with Crippen molar-refractivity contribution in [1.82, 2.24) is 4.72 Å². The van der Waals surface area contributed by atoms with Crippen LogP contribution in [-0.2, 0) is 10.2 Å². The van der Waals surface area contributed by atoms with Gasteiger partial charge < -0.3 is 0 Å². The second-order valence-electron chi connectivity index (χ2n) is 3.88. The molecule has 0 aliphatic carbocycles. The fourth-order valence-corrected chi connectivity index (χ4v) is 3.72. The molecule has 4 nitrogen and oxygen atoms in total. The van der Waals surface area contributed by atoms with Crippen molar-refractivity contribution in [2.45, 2.75) is 13.8 Å². The third-order valence-electron chi connectivity index (χ3n) is 2.54. The molecule has 1 heterocycles. The Kier molecular flexibility index (Phi) is 2.86. The first kappa shape index (κ1) is 11.7. The Balaban J connectivity index is 2.57. The predicted molar refractivity (Wildman–Crippen MR) is 65.2 cm³/mol. The normalized spacial score (nSPS) is 19.1. The molecule has 1 fully saturated rings. The van der Waals surface area contributed by atoms with Crippen molar-refractivity contribution in [3.63, 3.8) is 0 Å². The monoisotopic (exact) mass is 260 g/mol. The Bertz CT molecular complexity index is 505. The lowest BCUT2D eigenvalue weighted by Crippen LogP contribution is -2.30. The molecule has 88 valence electrons. The van der Waals surface area contributed by atoms with Gasteiger partial charge in [-0.15, -0.1) is 0 Å². The molecule has 1 N–H and O–H groups in total. The van der Waals surface area contributed by atoms with Crippen LogP contribution in [0.25, 0.3) is 0 Å². The lowest BCUT2D eigenvalue weighted by atomic mass is 10.1. The van der Waals surface area contributed by atoms with Gasteiger partial charge in [0.05, 0.1) is 10.7 Å². The summed E-state index contributed by atoms with van der Waals surface area (Å²) < 4.78 is 27.2. The van der Waals surface area contributed by atoms with Gasteiger partial charge in [0, 0.05) is 13.1 Å². The van der Waals surface area contributed by atoms with Crippen LogP contribution < -0.4 is 9.03 Å². The molecule has 0 spiro atoms. The number of anilines is 1. The quantitative estimate of drug-likeness (QED) is 0.834. The molecule has 1 saturated heterocycles. The molecule has 1 aliphatic rings. The van der Waals surface area contributed by atoms with Crippen LogP contribution in [0, 0.1) is 13.8 Å². The minimum absolute atomic E-state index is 0.423. The smallest absolute Gasteiger partial charge is 0.255 e. The van der Waals surface area contributed by atoms with Gasteiger partial charge in [-0.05, 0) is 31.0 Å². The van der Waals surface area contributed by atoms with Gasteiger partial charge in [0.1, 0.15) is 0 Å². The summed E-state index contributed by atoms with van der Waals surface area (Å²) in [4.78, 5) is 0. The highest BCUT2D eigenvalue weighted by Gasteiger charge is 2.30. The summed E-state index contributed by atoms with van der Waals surface area (Å²) in [6.45, 7) is 4.64. The molecule has 0 bridgehead atoms. The fraction of sp³-hybridized carbons (Fsp3) is 0.400. The minimum Gasteiger partial charge on any atom is -0.255 e. The van der Waals surface area contributed by atoms with Crippen LogP contribution in [0.3, 0.4) is 0 Å². The number of nitrogens with zero attached hydrogens (tertiary/aromatic N) is 1. The Hall–Kier alpha value is -0.780. The van der Waals surface area contributed by atoms with Gasteiger partial charge >= 0.3 is 10.2 Å². The van der Waals surface area contributed by atoms with Crippen LogP contribution >= 0.6 is 11.6 Å². The zero-order valence-corrected chi connectivity index (χ0v) is 10.7. The van der Waals surface area contributed by atoms with Crippen LogP contribution in [0.2, 0.25) is 5.02 Å². The second-order valence-corrected chi connectivity index (χ2v) is 5.97. The van der Waals surface area contributed by atoms with Gasteiger partial charge in [-0.25, -0.2) is 0 Å². The lowest BCUT2D eigenvalue weighted by molar-refractivity contribution is 0.591. The summed E-state index contributed by atoms with van der Waals surface area (Å²) in [5, 5.41) is 0.477. The molecule has 6 heteroatoms. The van der Waals surface area contributed by atoms with Crippen LogP contribution in [0.15, 0.2) is 12.1 Å². The molecule has 0 atom stereocenters. The minimum atomic E-state index is -3.40. The van der Waals surface area contributed by atoms with Crippen molar-refractivity contribution in [2.75, 3.05) is 17.4 Å². The molecule has 16 heavy (non-hydrogen) atoms. The second kappa shape index (κ2) is 3.91. The van der Waals surface area contributed by atoms with Gasteiger partial charge in [-0.3, -0.25) is 4.31 Å². The predicted octanol–water partition coefficient (Wildman–Crippen LogP) is 1.61. The van der Waals surface area contributed by atoms with Crippen LogP contribution in [0.4, 0.5) is 5.69 Å². The first-order chi connectivity index (χ1) is 7.42. The molecule has 1 aromatic carbocycles. The largest absolute Gasteiger partial charge is 0.301 e. The van der Waals surface area contributed by atoms with Gasteiger partial charge in [-0.1, -0.05) is 17.7 Å². The number of aryl methyl sites for hydroxylation is 2. The van der Waals surface area contributed by atoms with Crippen molar-refractivity contribution < 1.29 is 8.42 Å². The highest BCUT2D eigenvalue weighted by Crippen LogP contribution is 2.33. The first-order valence-electron chi connectivity index (χ1n) is 4.96. The Morgan fingerprint density at radius 2 is 2.06 bits per heavy atom. The molecular formula is C10H13ClN2O2S. The number of rotatable bonds is 1. The Morgan fingerprint density at radius 3 is 2.56 bits per heavy atom. The number of halogens is 1. The third kappa shape index (κ3) is 1.90. The van der Waals surface area contributed by atoms with Gasteiger partial charge in [0.2, 0.25) is 0 Å². The van der Waals surface area contributed by atoms with Crippen LogP contribution in [0.1, 0.15) is 11.1 Å². The van der Waals surface area contributed by atoms with E-state index in [1.54, 1.807) is 6.07 Å². The van der Waals surface area contributed by atoms with Crippen molar-refractivity contribution in [2.24, 2.45) is 0 Å². The molecule has 0 aromatic heterocycles. The van der Waals surface area contributed by atoms with Gasteiger partial charge in [0.15, 0.2) is 0 Å². The van der Waals surface area contributed by atoms with Gasteiger partial charge in [-0.2, -0.15) is 13.1 Å². The van der Waals surface area contributed by atoms with E-state index < -0.39 is 10.2 Å². The fourth-order valence-electron chi connectivity index (χ4n) is 1.93.